The number of hydrogen-bond donors (Lipinski definition) is 0. The maximum atomic E-state index is 14.1. The van der Waals surface area contributed by atoms with Crippen LogP contribution in [-0.2, 0) is 5.88 Å². The summed E-state index contributed by atoms with van der Waals surface area (Å²) in [4.78, 5) is 4.32. The number of aromatic nitrogens is 2. The molecule has 0 N–H and O–H groups in total. The quantitative estimate of drug-likeness (QED) is 0.777. The summed E-state index contributed by atoms with van der Waals surface area (Å²) >= 11 is 7.74. The topological polar surface area (TPSA) is 17.8 Å². The molecular weight excluding hydrogens is 290 g/mol. The van der Waals surface area contributed by atoms with Crippen molar-refractivity contribution in [3.05, 3.63) is 29.6 Å². The van der Waals surface area contributed by atoms with Crippen LogP contribution in [0.2, 0.25) is 0 Å². The summed E-state index contributed by atoms with van der Waals surface area (Å²) in [5.74, 6) is 1.18. The molecule has 1 aromatic carbocycles. The minimum Gasteiger partial charge on any atom is -0.321 e. The summed E-state index contributed by atoms with van der Waals surface area (Å²) in [5, 5.41) is 0. The molecule has 1 aromatic heterocycles. The Bertz CT molecular complexity index is 608. The number of hydrogen-bond acceptors (Lipinski definition) is 2. The van der Waals surface area contributed by atoms with Gasteiger partial charge in [-0.2, -0.15) is 11.8 Å². The molecule has 1 aliphatic rings. The number of imidazole rings is 1. The largest absolute Gasteiger partial charge is 0.321 e. The van der Waals surface area contributed by atoms with E-state index in [9.17, 15) is 8.78 Å². The van der Waals surface area contributed by atoms with Crippen LogP contribution in [0.15, 0.2) is 12.1 Å². The van der Waals surface area contributed by atoms with Gasteiger partial charge in [0.25, 0.3) is 0 Å². The van der Waals surface area contributed by atoms with Crippen molar-refractivity contribution in [1.29, 1.82) is 0 Å². The van der Waals surface area contributed by atoms with E-state index in [-0.39, 0.29) is 17.4 Å². The van der Waals surface area contributed by atoms with Gasteiger partial charge in [-0.25, -0.2) is 13.8 Å². The van der Waals surface area contributed by atoms with Crippen molar-refractivity contribution in [2.24, 2.45) is 0 Å². The highest BCUT2D eigenvalue weighted by molar-refractivity contribution is 7.99. The Hall–Kier alpha value is -0.810. The summed E-state index contributed by atoms with van der Waals surface area (Å²) < 4.78 is 29.3. The molecular formula is C13H13ClF2N2S. The van der Waals surface area contributed by atoms with Crippen LogP contribution in [0.3, 0.4) is 0 Å². The first-order valence-electron chi connectivity index (χ1n) is 6.21. The van der Waals surface area contributed by atoms with E-state index in [1.54, 1.807) is 4.57 Å². The Balaban J connectivity index is 2.21. The molecule has 102 valence electrons. The molecule has 1 fully saturated rings. The van der Waals surface area contributed by atoms with Gasteiger partial charge in [0.05, 0.1) is 11.4 Å². The zero-order valence-corrected chi connectivity index (χ0v) is 11.8. The van der Waals surface area contributed by atoms with Gasteiger partial charge >= 0.3 is 0 Å². The predicted molar refractivity (Wildman–Crippen MR) is 74.8 cm³/mol. The molecule has 0 spiro atoms. The third kappa shape index (κ3) is 2.23. The molecule has 1 atom stereocenters. The van der Waals surface area contributed by atoms with Crippen LogP contribution in [0.4, 0.5) is 8.78 Å². The molecule has 19 heavy (non-hydrogen) atoms. The second kappa shape index (κ2) is 5.29. The number of halogens is 3. The lowest BCUT2D eigenvalue weighted by molar-refractivity contribution is 0.478. The van der Waals surface area contributed by atoms with Crippen LogP contribution in [0.25, 0.3) is 11.0 Å². The van der Waals surface area contributed by atoms with Crippen molar-refractivity contribution in [2.75, 3.05) is 11.5 Å². The first-order chi connectivity index (χ1) is 9.22. The number of benzene rings is 1. The van der Waals surface area contributed by atoms with Crippen molar-refractivity contribution in [1.82, 2.24) is 9.55 Å². The average Bonchev–Trinajstić information content (AvgIpc) is 2.83. The van der Waals surface area contributed by atoms with Crippen LogP contribution >= 0.6 is 23.4 Å². The average molecular weight is 303 g/mol. The summed E-state index contributed by atoms with van der Waals surface area (Å²) in [6, 6.07) is 2.77. The molecule has 1 unspecified atom stereocenters. The van der Waals surface area contributed by atoms with E-state index >= 15 is 0 Å². The Morgan fingerprint density at radius 3 is 2.95 bits per heavy atom. The van der Waals surface area contributed by atoms with Crippen LogP contribution in [-0.4, -0.2) is 21.1 Å². The monoisotopic (exact) mass is 302 g/mol. The van der Waals surface area contributed by atoms with Crippen LogP contribution < -0.4 is 0 Å². The molecule has 1 saturated heterocycles. The summed E-state index contributed by atoms with van der Waals surface area (Å²) in [5.41, 5.74) is 0.730. The van der Waals surface area contributed by atoms with Gasteiger partial charge in [0.1, 0.15) is 11.3 Å². The standard InChI is InChI=1S/C13H13ClF2N2S/c14-6-11-17-10-4-3-9(15)12(16)13(10)18(11)8-2-1-5-19-7-8/h3-4,8H,1-2,5-7H2. The van der Waals surface area contributed by atoms with E-state index < -0.39 is 11.6 Å². The SMILES string of the molecule is Fc1ccc2nc(CCl)n(C3CCCSC3)c2c1F. The van der Waals surface area contributed by atoms with Crippen molar-refractivity contribution in [3.63, 3.8) is 0 Å². The summed E-state index contributed by atoms with van der Waals surface area (Å²) in [6.45, 7) is 0. The molecule has 0 amide bonds. The fourth-order valence-corrected chi connectivity index (χ4v) is 3.90. The fourth-order valence-electron chi connectivity index (χ4n) is 2.59. The zero-order chi connectivity index (χ0) is 13.4. The molecule has 0 saturated carbocycles. The molecule has 0 radical (unpaired) electrons. The second-order valence-corrected chi connectivity index (χ2v) is 6.05. The Labute approximate surface area is 119 Å². The second-order valence-electron chi connectivity index (χ2n) is 4.63. The molecule has 0 bridgehead atoms. The van der Waals surface area contributed by atoms with Gasteiger partial charge < -0.3 is 4.57 Å². The third-order valence-corrected chi connectivity index (χ3v) is 4.87. The lowest BCUT2D eigenvalue weighted by Gasteiger charge is -2.25. The van der Waals surface area contributed by atoms with Crippen molar-refractivity contribution >= 4 is 34.4 Å². The van der Waals surface area contributed by atoms with E-state index in [1.165, 1.54) is 6.07 Å². The molecule has 3 rings (SSSR count). The fraction of sp³-hybridized carbons (Fsp3) is 0.462. The lowest BCUT2D eigenvalue weighted by Crippen LogP contribution is -2.18. The van der Waals surface area contributed by atoms with E-state index in [2.05, 4.69) is 4.98 Å². The molecule has 2 aromatic rings. The van der Waals surface area contributed by atoms with Gasteiger partial charge in [0, 0.05) is 11.8 Å². The summed E-state index contributed by atoms with van der Waals surface area (Å²) in [7, 11) is 0. The highest BCUT2D eigenvalue weighted by Gasteiger charge is 2.24. The first kappa shape index (κ1) is 13.2. The van der Waals surface area contributed by atoms with E-state index in [0.29, 0.717) is 11.3 Å². The molecule has 1 aliphatic heterocycles. The predicted octanol–water partition coefficient (Wildman–Crippen LogP) is 4.12. The molecule has 2 nitrogen and oxygen atoms in total. The van der Waals surface area contributed by atoms with Gasteiger partial charge in [-0.3, -0.25) is 0 Å². The lowest BCUT2D eigenvalue weighted by atomic mass is 10.1. The highest BCUT2D eigenvalue weighted by Crippen LogP contribution is 2.33. The van der Waals surface area contributed by atoms with E-state index in [1.807, 2.05) is 11.8 Å². The molecule has 6 heteroatoms. The van der Waals surface area contributed by atoms with E-state index in [0.717, 1.165) is 30.4 Å². The number of thioether (sulfide) groups is 1. The summed E-state index contributed by atoms with van der Waals surface area (Å²) in [6.07, 6.45) is 2.03. The minimum absolute atomic E-state index is 0.147. The van der Waals surface area contributed by atoms with Crippen molar-refractivity contribution in [2.45, 2.75) is 24.8 Å². The zero-order valence-electron chi connectivity index (χ0n) is 10.2. The van der Waals surface area contributed by atoms with Crippen LogP contribution in [0.5, 0.6) is 0 Å². The molecule has 2 heterocycles. The Morgan fingerprint density at radius 1 is 1.42 bits per heavy atom. The third-order valence-electron chi connectivity index (χ3n) is 3.44. The highest BCUT2D eigenvalue weighted by atomic mass is 35.5. The van der Waals surface area contributed by atoms with Crippen LogP contribution in [0, 0.1) is 11.6 Å². The number of fused-ring (bicyclic) bond motifs is 1. The Kier molecular flexibility index (Phi) is 3.67. The van der Waals surface area contributed by atoms with Gasteiger partial charge in [-0.15, -0.1) is 11.6 Å². The normalized spacial score (nSPS) is 20.1. The molecule has 0 aliphatic carbocycles. The van der Waals surface area contributed by atoms with Gasteiger partial charge in [0.15, 0.2) is 11.6 Å². The van der Waals surface area contributed by atoms with Gasteiger partial charge in [0.2, 0.25) is 0 Å². The van der Waals surface area contributed by atoms with Crippen molar-refractivity contribution < 1.29 is 8.78 Å². The number of nitrogens with zero attached hydrogens (tertiary/aromatic N) is 2. The first-order valence-corrected chi connectivity index (χ1v) is 7.90. The van der Waals surface area contributed by atoms with Gasteiger partial charge in [-0.05, 0) is 30.7 Å². The van der Waals surface area contributed by atoms with Crippen molar-refractivity contribution in [3.8, 4) is 0 Å². The number of rotatable bonds is 2. The minimum atomic E-state index is -0.835. The van der Waals surface area contributed by atoms with E-state index in [4.69, 9.17) is 11.6 Å². The smallest absolute Gasteiger partial charge is 0.184 e. The number of alkyl halides is 1. The maximum Gasteiger partial charge on any atom is 0.184 e. The Morgan fingerprint density at radius 2 is 2.26 bits per heavy atom. The maximum absolute atomic E-state index is 14.1. The van der Waals surface area contributed by atoms with Gasteiger partial charge in [-0.1, -0.05) is 0 Å². The van der Waals surface area contributed by atoms with Crippen LogP contribution in [0.1, 0.15) is 24.7 Å².